The lowest BCUT2D eigenvalue weighted by molar-refractivity contribution is 0.0600. The van der Waals surface area contributed by atoms with Crippen molar-refractivity contribution in [1.82, 2.24) is 4.31 Å². The van der Waals surface area contributed by atoms with Crippen LogP contribution in [-0.4, -0.2) is 24.4 Å². The van der Waals surface area contributed by atoms with Crippen molar-refractivity contribution >= 4 is 23.8 Å². The molecule has 2 aromatic carbocycles. The fraction of sp³-hybridized carbons (Fsp3) is 0.235. The van der Waals surface area contributed by atoms with E-state index in [0.717, 1.165) is 17.3 Å². The molecule has 1 aliphatic rings. The number of fused-ring (bicyclic) bond motifs is 1. The fourth-order valence-corrected chi connectivity index (χ4v) is 3.64. The molecule has 0 spiro atoms. The molecule has 0 N–H and O–H groups in total. The summed E-state index contributed by atoms with van der Waals surface area (Å²) in [5.74, 6) is -1.63. The number of hydrogen-bond acceptors (Lipinski definition) is 5. The SMILES string of the molecule is COC(=O)c1ccc2c(c1)N(Cc1cc(F)cc(F)c1)SN(C)C2. The molecule has 7 heteroatoms. The maximum absolute atomic E-state index is 13.4. The van der Waals surface area contributed by atoms with E-state index in [-0.39, 0.29) is 0 Å². The molecule has 0 saturated carbocycles. The predicted octanol–water partition coefficient (Wildman–Crippen LogP) is 3.77. The second-order valence-corrected chi connectivity index (χ2v) is 6.74. The molecule has 0 atom stereocenters. The van der Waals surface area contributed by atoms with Crippen LogP contribution in [0.2, 0.25) is 0 Å². The van der Waals surface area contributed by atoms with Gasteiger partial charge in [-0.2, -0.15) is 0 Å². The second-order valence-electron chi connectivity index (χ2n) is 5.52. The van der Waals surface area contributed by atoms with Crippen molar-refractivity contribution in [2.24, 2.45) is 0 Å². The van der Waals surface area contributed by atoms with Gasteiger partial charge in [0.15, 0.2) is 0 Å². The average Bonchev–Trinajstić information content (AvgIpc) is 2.52. The minimum absolute atomic E-state index is 0.307. The number of ether oxygens (including phenoxy) is 1. The van der Waals surface area contributed by atoms with Gasteiger partial charge in [-0.05, 0) is 42.4 Å². The molecule has 3 rings (SSSR count). The third-order valence-corrected chi connectivity index (χ3v) is 4.59. The van der Waals surface area contributed by atoms with Crippen LogP contribution in [0.25, 0.3) is 0 Å². The standard InChI is InChI=1S/C17H16F2N2O2S/c1-20-10-13-4-3-12(17(22)23-2)7-16(13)21(24-20)9-11-5-14(18)8-15(19)6-11/h3-8H,9-10H2,1-2H3. The first-order valence-corrected chi connectivity index (χ1v) is 8.02. The summed E-state index contributed by atoms with van der Waals surface area (Å²) in [5.41, 5.74) is 2.83. The van der Waals surface area contributed by atoms with E-state index in [4.69, 9.17) is 4.74 Å². The Morgan fingerprint density at radius 3 is 2.58 bits per heavy atom. The van der Waals surface area contributed by atoms with Gasteiger partial charge in [0.25, 0.3) is 0 Å². The highest BCUT2D eigenvalue weighted by molar-refractivity contribution is 7.98. The molecule has 0 radical (unpaired) electrons. The molecule has 0 fully saturated rings. The van der Waals surface area contributed by atoms with Crippen LogP contribution in [0, 0.1) is 11.6 Å². The summed E-state index contributed by atoms with van der Waals surface area (Å²) in [6.07, 6.45) is 0. The third-order valence-electron chi connectivity index (χ3n) is 3.65. The molecule has 0 aromatic heterocycles. The Morgan fingerprint density at radius 2 is 1.92 bits per heavy atom. The number of benzene rings is 2. The van der Waals surface area contributed by atoms with Crippen LogP contribution in [0.4, 0.5) is 14.5 Å². The van der Waals surface area contributed by atoms with E-state index in [9.17, 15) is 13.6 Å². The summed E-state index contributed by atoms with van der Waals surface area (Å²) < 4.78 is 35.5. The first-order valence-electron chi connectivity index (χ1n) is 7.29. The van der Waals surface area contributed by atoms with E-state index >= 15 is 0 Å². The highest BCUT2D eigenvalue weighted by atomic mass is 32.2. The Labute approximate surface area is 143 Å². The number of hydrogen-bond donors (Lipinski definition) is 0. The first kappa shape index (κ1) is 16.7. The maximum atomic E-state index is 13.4. The summed E-state index contributed by atoms with van der Waals surface area (Å²) >= 11 is 1.43. The number of carbonyl (C=O) groups excluding carboxylic acids is 1. The number of anilines is 1. The predicted molar refractivity (Wildman–Crippen MR) is 89.4 cm³/mol. The van der Waals surface area contributed by atoms with Crippen molar-refractivity contribution in [3.8, 4) is 0 Å². The van der Waals surface area contributed by atoms with Gasteiger partial charge in [0.1, 0.15) is 11.6 Å². The topological polar surface area (TPSA) is 32.8 Å². The minimum Gasteiger partial charge on any atom is -0.465 e. The number of nitrogens with zero attached hydrogens (tertiary/aromatic N) is 2. The quantitative estimate of drug-likeness (QED) is 0.622. The molecular formula is C17H16F2N2O2S. The molecule has 0 aliphatic carbocycles. The zero-order valence-electron chi connectivity index (χ0n) is 13.3. The van der Waals surface area contributed by atoms with Gasteiger partial charge >= 0.3 is 5.97 Å². The molecule has 24 heavy (non-hydrogen) atoms. The van der Waals surface area contributed by atoms with Crippen molar-refractivity contribution in [2.75, 3.05) is 18.5 Å². The highest BCUT2D eigenvalue weighted by Gasteiger charge is 2.23. The first-order chi connectivity index (χ1) is 11.5. The van der Waals surface area contributed by atoms with Gasteiger partial charge in [-0.3, -0.25) is 4.31 Å². The van der Waals surface area contributed by atoms with Gasteiger partial charge in [-0.1, -0.05) is 6.07 Å². The lowest BCUT2D eigenvalue weighted by Gasteiger charge is -2.35. The normalized spacial score (nSPS) is 14.4. The van der Waals surface area contributed by atoms with Gasteiger partial charge in [0.05, 0.1) is 24.9 Å². The van der Waals surface area contributed by atoms with Gasteiger partial charge in [-0.25, -0.2) is 17.9 Å². The molecule has 0 bridgehead atoms. The molecule has 126 valence electrons. The lowest BCUT2D eigenvalue weighted by atomic mass is 10.1. The molecule has 1 aliphatic heterocycles. The zero-order valence-corrected chi connectivity index (χ0v) is 14.1. The van der Waals surface area contributed by atoms with E-state index in [0.29, 0.717) is 24.2 Å². The summed E-state index contributed by atoms with van der Waals surface area (Å²) in [5, 5.41) is 0. The van der Waals surface area contributed by atoms with Gasteiger partial charge in [0, 0.05) is 24.7 Å². The molecule has 1 heterocycles. The van der Waals surface area contributed by atoms with E-state index in [1.807, 2.05) is 21.7 Å². The lowest BCUT2D eigenvalue weighted by Crippen LogP contribution is -2.28. The van der Waals surface area contributed by atoms with Crippen molar-refractivity contribution in [1.29, 1.82) is 0 Å². The van der Waals surface area contributed by atoms with Crippen molar-refractivity contribution < 1.29 is 18.3 Å². The number of carbonyl (C=O) groups is 1. The smallest absolute Gasteiger partial charge is 0.337 e. The largest absolute Gasteiger partial charge is 0.465 e. The Kier molecular flexibility index (Phi) is 4.73. The summed E-state index contributed by atoms with van der Waals surface area (Å²) in [7, 11) is 3.26. The molecular weight excluding hydrogens is 334 g/mol. The molecule has 2 aromatic rings. The Morgan fingerprint density at radius 1 is 1.21 bits per heavy atom. The Balaban J connectivity index is 1.95. The van der Waals surface area contributed by atoms with Crippen molar-refractivity contribution in [2.45, 2.75) is 13.1 Å². The Hall–Kier alpha value is -2.12. The van der Waals surface area contributed by atoms with E-state index < -0.39 is 17.6 Å². The number of rotatable bonds is 3. The van der Waals surface area contributed by atoms with Gasteiger partial charge in [0.2, 0.25) is 0 Å². The van der Waals surface area contributed by atoms with Crippen LogP contribution in [-0.2, 0) is 17.8 Å². The van der Waals surface area contributed by atoms with E-state index in [1.165, 1.54) is 31.4 Å². The monoisotopic (exact) mass is 350 g/mol. The van der Waals surface area contributed by atoms with E-state index in [1.54, 1.807) is 12.1 Å². The van der Waals surface area contributed by atoms with Crippen molar-refractivity contribution in [3.05, 3.63) is 64.7 Å². The third kappa shape index (κ3) is 3.52. The Bertz CT molecular complexity index is 765. The summed E-state index contributed by atoms with van der Waals surface area (Å²) in [4.78, 5) is 11.8. The highest BCUT2D eigenvalue weighted by Crippen LogP contribution is 2.37. The van der Waals surface area contributed by atoms with Crippen LogP contribution in [0.3, 0.4) is 0 Å². The van der Waals surface area contributed by atoms with Crippen molar-refractivity contribution in [3.63, 3.8) is 0 Å². The van der Waals surface area contributed by atoms with Gasteiger partial charge in [-0.15, -0.1) is 0 Å². The number of methoxy groups -OCH3 is 1. The van der Waals surface area contributed by atoms with Crippen LogP contribution < -0.4 is 4.31 Å². The molecule has 0 saturated heterocycles. The average molecular weight is 350 g/mol. The molecule has 0 amide bonds. The van der Waals surface area contributed by atoms with E-state index in [2.05, 4.69) is 0 Å². The van der Waals surface area contributed by atoms with Crippen LogP contribution in [0.5, 0.6) is 0 Å². The molecule has 0 unspecified atom stereocenters. The van der Waals surface area contributed by atoms with Crippen LogP contribution in [0.15, 0.2) is 36.4 Å². The summed E-state index contributed by atoms with van der Waals surface area (Å²) in [6, 6.07) is 8.80. The number of esters is 1. The van der Waals surface area contributed by atoms with Crippen LogP contribution in [0.1, 0.15) is 21.5 Å². The zero-order chi connectivity index (χ0) is 17.3. The fourth-order valence-electron chi connectivity index (χ4n) is 2.64. The maximum Gasteiger partial charge on any atom is 0.337 e. The van der Waals surface area contributed by atoms with Crippen LogP contribution >= 0.6 is 12.1 Å². The molecule has 4 nitrogen and oxygen atoms in total. The second kappa shape index (κ2) is 6.78. The summed E-state index contributed by atoms with van der Waals surface area (Å²) in [6.45, 7) is 1.01. The minimum atomic E-state index is -0.608. The van der Waals surface area contributed by atoms with Gasteiger partial charge < -0.3 is 4.74 Å². The number of halogens is 2.